The number of rotatable bonds is 3. The number of hydrogen-bond acceptors (Lipinski definition) is 2. The molecule has 0 saturated heterocycles. The zero-order chi connectivity index (χ0) is 13.3. The Balaban J connectivity index is 3.12. The van der Waals surface area contributed by atoms with Crippen LogP contribution >= 0.6 is 0 Å². The highest BCUT2D eigenvalue weighted by Gasteiger charge is 2.35. The third-order valence-electron chi connectivity index (χ3n) is 2.21. The fourth-order valence-electron chi connectivity index (χ4n) is 1.23. The molecule has 0 aromatic heterocycles. The number of benzene rings is 1. The van der Waals surface area contributed by atoms with Gasteiger partial charge in [0, 0.05) is 5.69 Å². The van der Waals surface area contributed by atoms with E-state index in [2.05, 4.69) is 5.32 Å². The van der Waals surface area contributed by atoms with Crippen molar-refractivity contribution >= 4 is 11.7 Å². The SMILES string of the molecule is CC(C)(Nc1ccccc1C(F)(F)F)C(=O)O. The number of carboxylic acids is 1. The average Bonchev–Trinajstić information content (AvgIpc) is 2.15. The van der Waals surface area contributed by atoms with Crippen molar-refractivity contribution in [1.82, 2.24) is 0 Å². The van der Waals surface area contributed by atoms with E-state index in [0.717, 1.165) is 6.07 Å². The monoisotopic (exact) mass is 247 g/mol. The van der Waals surface area contributed by atoms with Gasteiger partial charge in [-0.15, -0.1) is 0 Å². The van der Waals surface area contributed by atoms with Crippen molar-refractivity contribution < 1.29 is 23.1 Å². The van der Waals surface area contributed by atoms with Crippen LogP contribution in [0.2, 0.25) is 0 Å². The van der Waals surface area contributed by atoms with Crippen LogP contribution in [0.3, 0.4) is 0 Å². The predicted octanol–water partition coefficient (Wildman–Crippen LogP) is 2.98. The molecule has 17 heavy (non-hydrogen) atoms. The summed E-state index contributed by atoms with van der Waals surface area (Å²) in [6, 6.07) is 4.77. The molecule has 0 aliphatic heterocycles. The number of carbonyl (C=O) groups is 1. The van der Waals surface area contributed by atoms with Crippen LogP contribution in [0.1, 0.15) is 19.4 Å². The summed E-state index contributed by atoms with van der Waals surface area (Å²) in [5.41, 5.74) is -2.59. The highest BCUT2D eigenvalue weighted by atomic mass is 19.4. The maximum absolute atomic E-state index is 12.6. The third-order valence-corrected chi connectivity index (χ3v) is 2.21. The first-order valence-electron chi connectivity index (χ1n) is 4.82. The van der Waals surface area contributed by atoms with E-state index in [-0.39, 0.29) is 5.69 Å². The van der Waals surface area contributed by atoms with E-state index in [9.17, 15) is 18.0 Å². The average molecular weight is 247 g/mol. The van der Waals surface area contributed by atoms with Crippen LogP contribution in [0.4, 0.5) is 18.9 Å². The molecule has 6 heteroatoms. The minimum Gasteiger partial charge on any atom is -0.480 e. The molecule has 1 rings (SSSR count). The van der Waals surface area contributed by atoms with Gasteiger partial charge in [0.2, 0.25) is 0 Å². The van der Waals surface area contributed by atoms with Gasteiger partial charge in [0.25, 0.3) is 0 Å². The second kappa shape index (κ2) is 4.27. The maximum Gasteiger partial charge on any atom is 0.418 e. The summed E-state index contributed by atoms with van der Waals surface area (Å²) >= 11 is 0. The van der Waals surface area contributed by atoms with Gasteiger partial charge < -0.3 is 10.4 Å². The molecule has 0 atom stereocenters. The van der Waals surface area contributed by atoms with E-state index < -0.39 is 23.2 Å². The van der Waals surface area contributed by atoms with Gasteiger partial charge >= 0.3 is 12.1 Å². The minimum absolute atomic E-state index is 0.243. The molecule has 0 aliphatic rings. The number of nitrogens with one attached hydrogen (secondary N) is 1. The molecular weight excluding hydrogens is 235 g/mol. The van der Waals surface area contributed by atoms with Crippen LogP contribution in [0.25, 0.3) is 0 Å². The molecule has 94 valence electrons. The Morgan fingerprint density at radius 2 is 1.76 bits per heavy atom. The maximum atomic E-state index is 12.6. The van der Waals surface area contributed by atoms with Crippen LogP contribution in [-0.2, 0) is 11.0 Å². The number of halogens is 3. The summed E-state index contributed by atoms with van der Waals surface area (Å²) in [6.45, 7) is 2.59. The largest absolute Gasteiger partial charge is 0.480 e. The molecular formula is C11H12F3NO2. The quantitative estimate of drug-likeness (QED) is 0.863. The first-order chi connectivity index (χ1) is 7.64. The first kappa shape index (κ1) is 13.3. The Hall–Kier alpha value is -1.72. The molecule has 0 aliphatic carbocycles. The Labute approximate surface area is 96.3 Å². The third kappa shape index (κ3) is 3.12. The summed E-state index contributed by atoms with van der Waals surface area (Å²) in [6.07, 6.45) is -4.52. The summed E-state index contributed by atoms with van der Waals surface area (Å²) in [7, 11) is 0. The second-order valence-corrected chi connectivity index (χ2v) is 4.10. The van der Waals surface area contributed by atoms with Crippen molar-refractivity contribution in [2.24, 2.45) is 0 Å². The predicted molar refractivity (Wildman–Crippen MR) is 56.8 cm³/mol. The lowest BCUT2D eigenvalue weighted by molar-refractivity contribution is -0.142. The molecule has 2 N–H and O–H groups in total. The molecule has 0 saturated carbocycles. The lowest BCUT2D eigenvalue weighted by Crippen LogP contribution is -2.40. The van der Waals surface area contributed by atoms with Gasteiger partial charge in [-0.05, 0) is 26.0 Å². The fraction of sp³-hybridized carbons (Fsp3) is 0.364. The number of hydrogen-bond donors (Lipinski definition) is 2. The smallest absolute Gasteiger partial charge is 0.418 e. The van der Waals surface area contributed by atoms with Crippen molar-refractivity contribution in [2.45, 2.75) is 25.6 Å². The minimum atomic E-state index is -4.52. The van der Waals surface area contributed by atoms with E-state index >= 15 is 0 Å². The molecule has 1 aromatic rings. The molecule has 0 spiro atoms. The Morgan fingerprint density at radius 3 is 2.24 bits per heavy atom. The van der Waals surface area contributed by atoms with Crippen molar-refractivity contribution in [3.05, 3.63) is 29.8 Å². The van der Waals surface area contributed by atoms with E-state index in [1.807, 2.05) is 0 Å². The number of aliphatic carboxylic acids is 1. The molecule has 0 fully saturated rings. The highest BCUT2D eigenvalue weighted by Crippen LogP contribution is 2.35. The van der Waals surface area contributed by atoms with Crippen molar-refractivity contribution in [3.8, 4) is 0 Å². The van der Waals surface area contributed by atoms with Crippen LogP contribution in [-0.4, -0.2) is 16.6 Å². The first-order valence-corrected chi connectivity index (χ1v) is 4.82. The van der Waals surface area contributed by atoms with Gasteiger partial charge in [-0.3, -0.25) is 0 Å². The second-order valence-electron chi connectivity index (χ2n) is 4.10. The van der Waals surface area contributed by atoms with E-state index in [1.165, 1.54) is 32.0 Å². The van der Waals surface area contributed by atoms with E-state index in [0.29, 0.717) is 0 Å². The van der Waals surface area contributed by atoms with Gasteiger partial charge in [0.1, 0.15) is 5.54 Å². The normalized spacial score (nSPS) is 12.3. The number of anilines is 1. The topological polar surface area (TPSA) is 49.3 Å². The number of para-hydroxylation sites is 1. The van der Waals surface area contributed by atoms with Gasteiger partial charge in [-0.25, -0.2) is 4.79 Å². The number of alkyl halides is 3. The summed E-state index contributed by atoms with van der Waals surface area (Å²) in [5.74, 6) is -1.23. The molecule has 3 nitrogen and oxygen atoms in total. The molecule has 1 aromatic carbocycles. The van der Waals surface area contributed by atoms with Crippen molar-refractivity contribution in [1.29, 1.82) is 0 Å². The zero-order valence-corrected chi connectivity index (χ0v) is 9.30. The standard InChI is InChI=1S/C11H12F3NO2/c1-10(2,9(16)17)15-8-6-4-3-5-7(8)11(12,13)14/h3-6,15H,1-2H3,(H,16,17). The van der Waals surface area contributed by atoms with Gasteiger partial charge in [-0.1, -0.05) is 12.1 Å². The Morgan fingerprint density at radius 1 is 1.24 bits per heavy atom. The lowest BCUT2D eigenvalue weighted by Gasteiger charge is -2.24. The zero-order valence-electron chi connectivity index (χ0n) is 9.30. The summed E-state index contributed by atoms with van der Waals surface area (Å²) < 4.78 is 37.9. The van der Waals surface area contributed by atoms with E-state index in [4.69, 9.17) is 5.11 Å². The molecule has 0 bridgehead atoms. The van der Waals surface area contributed by atoms with Crippen LogP contribution in [0, 0.1) is 0 Å². The van der Waals surface area contributed by atoms with Gasteiger partial charge in [-0.2, -0.15) is 13.2 Å². The molecule has 0 amide bonds. The van der Waals surface area contributed by atoms with Crippen molar-refractivity contribution in [3.63, 3.8) is 0 Å². The Kier molecular flexibility index (Phi) is 3.35. The molecule has 0 radical (unpaired) electrons. The van der Waals surface area contributed by atoms with E-state index in [1.54, 1.807) is 0 Å². The fourth-order valence-corrected chi connectivity index (χ4v) is 1.23. The molecule has 0 heterocycles. The van der Waals surface area contributed by atoms with Crippen LogP contribution < -0.4 is 5.32 Å². The summed E-state index contributed by atoms with van der Waals surface area (Å²) in [5, 5.41) is 11.2. The Bertz CT molecular complexity index is 427. The molecule has 0 unspecified atom stereocenters. The number of carboxylic acid groups (broad SMARTS) is 1. The van der Waals surface area contributed by atoms with Gasteiger partial charge in [0.15, 0.2) is 0 Å². The lowest BCUT2D eigenvalue weighted by atomic mass is 10.0. The summed E-state index contributed by atoms with van der Waals surface area (Å²) in [4.78, 5) is 10.8. The van der Waals surface area contributed by atoms with Crippen molar-refractivity contribution in [2.75, 3.05) is 5.32 Å². The highest BCUT2D eigenvalue weighted by molar-refractivity contribution is 5.82. The van der Waals surface area contributed by atoms with Crippen LogP contribution in [0.5, 0.6) is 0 Å². The van der Waals surface area contributed by atoms with Crippen LogP contribution in [0.15, 0.2) is 24.3 Å². The van der Waals surface area contributed by atoms with Gasteiger partial charge in [0.05, 0.1) is 5.56 Å².